The number of fused-ring (bicyclic) bond motifs is 1. The van der Waals surface area contributed by atoms with E-state index in [1.54, 1.807) is 71.2 Å². The number of halogens is 1. The molecule has 0 fully saturated rings. The van der Waals surface area contributed by atoms with E-state index in [0.717, 1.165) is 12.8 Å². The molecule has 0 saturated carbocycles. The van der Waals surface area contributed by atoms with Gasteiger partial charge in [0.2, 0.25) is 0 Å². The van der Waals surface area contributed by atoms with Crippen molar-refractivity contribution in [1.29, 1.82) is 0 Å². The predicted molar refractivity (Wildman–Crippen MR) is 140 cm³/mol. The van der Waals surface area contributed by atoms with Gasteiger partial charge in [0.1, 0.15) is 11.6 Å². The Kier molecular flexibility index (Phi) is 7.51. The van der Waals surface area contributed by atoms with Crippen LogP contribution in [0.25, 0.3) is 16.6 Å². The molecule has 7 heteroatoms. The van der Waals surface area contributed by atoms with E-state index in [2.05, 4.69) is 6.92 Å². The average molecular weight is 490 g/mol. The maximum Gasteiger partial charge on any atom is 0.266 e. The molecular weight excluding hydrogens is 462 g/mol. The summed E-state index contributed by atoms with van der Waals surface area (Å²) in [6.07, 6.45) is 1.74. The van der Waals surface area contributed by atoms with E-state index in [9.17, 15) is 9.59 Å². The fourth-order valence-corrected chi connectivity index (χ4v) is 4.26. The number of unbranched alkanes of at least 4 members (excludes halogenated alkanes) is 1. The van der Waals surface area contributed by atoms with Crippen molar-refractivity contribution in [3.05, 3.63) is 99.6 Å². The minimum Gasteiger partial charge on any atom is -0.497 e. The molecule has 180 valence electrons. The molecule has 0 aliphatic carbocycles. The Morgan fingerprint density at radius 3 is 2.54 bits per heavy atom. The van der Waals surface area contributed by atoms with Crippen LogP contribution in [0.15, 0.2) is 77.6 Å². The van der Waals surface area contributed by atoms with Gasteiger partial charge in [-0.25, -0.2) is 4.98 Å². The van der Waals surface area contributed by atoms with Crippen molar-refractivity contribution in [2.45, 2.75) is 32.7 Å². The number of ether oxygens (including phenoxy) is 1. The van der Waals surface area contributed by atoms with Crippen LogP contribution in [0, 0.1) is 0 Å². The summed E-state index contributed by atoms with van der Waals surface area (Å²) < 4.78 is 6.91. The molecule has 6 nitrogen and oxygen atoms in total. The SMILES string of the molecule is CCCCN(C(=O)c1cccc(OC)c1)C(C)c1nc2ccccc2c(=O)n1-c1ccc(Cl)cc1. The van der Waals surface area contributed by atoms with E-state index in [0.29, 0.717) is 45.3 Å². The molecular formula is C28H28ClN3O3. The minimum atomic E-state index is -0.478. The van der Waals surface area contributed by atoms with Gasteiger partial charge in [-0.1, -0.05) is 43.1 Å². The Hall–Kier alpha value is -3.64. The lowest BCUT2D eigenvalue weighted by Crippen LogP contribution is -2.38. The summed E-state index contributed by atoms with van der Waals surface area (Å²) in [6, 6.07) is 20.9. The molecule has 0 aliphatic rings. The molecule has 0 N–H and O–H groups in total. The average Bonchev–Trinajstić information content (AvgIpc) is 2.89. The predicted octanol–water partition coefficient (Wildman–Crippen LogP) is 6.05. The zero-order chi connectivity index (χ0) is 24.9. The maximum atomic E-state index is 13.7. The molecule has 1 atom stereocenters. The standard InChI is InChI=1S/C28H28ClN3O3/c1-4-5-17-31(27(33)20-9-8-10-23(18-20)35-3)19(2)26-30-25-12-7-6-11-24(25)28(34)32(26)22-15-13-21(29)14-16-22/h6-16,18-19H,4-5,17H2,1-3H3. The molecule has 0 aliphatic heterocycles. The van der Waals surface area contributed by atoms with Gasteiger partial charge in [-0.3, -0.25) is 14.2 Å². The summed E-state index contributed by atoms with van der Waals surface area (Å²) >= 11 is 6.11. The van der Waals surface area contributed by atoms with Gasteiger partial charge in [-0.2, -0.15) is 0 Å². The molecule has 3 aromatic carbocycles. The van der Waals surface area contributed by atoms with Crippen LogP contribution in [-0.4, -0.2) is 34.0 Å². The van der Waals surface area contributed by atoms with Gasteiger partial charge < -0.3 is 9.64 Å². The first-order valence-corrected chi connectivity index (χ1v) is 12.0. The van der Waals surface area contributed by atoms with Crippen LogP contribution >= 0.6 is 11.6 Å². The summed E-state index contributed by atoms with van der Waals surface area (Å²) in [7, 11) is 1.57. The second-order valence-electron chi connectivity index (χ2n) is 8.36. The topological polar surface area (TPSA) is 64.4 Å². The van der Waals surface area contributed by atoms with Crippen molar-refractivity contribution in [3.63, 3.8) is 0 Å². The van der Waals surface area contributed by atoms with Crippen molar-refractivity contribution in [2.24, 2.45) is 0 Å². The summed E-state index contributed by atoms with van der Waals surface area (Å²) in [5.41, 5.74) is 1.56. The highest BCUT2D eigenvalue weighted by atomic mass is 35.5. The summed E-state index contributed by atoms with van der Waals surface area (Å²) in [5.74, 6) is 0.958. The number of aromatic nitrogens is 2. The van der Waals surface area contributed by atoms with Crippen molar-refractivity contribution in [3.8, 4) is 11.4 Å². The largest absolute Gasteiger partial charge is 0.497 e. The fourth-order valence-electron chi connectivity index (χ4n) is 4.13. The van der Waals surface area contributed by atoms with Gasteiger partial charge in [-0.15, -0.1) is 0 Å². The number of nitrogens with zero attached hydrogens (tertiary/aromatic N) is 3. The van der Waals surface area contributed by atoms with Gasteiger partial charge in [0.25, 0.3) is 11.5 Å². The van der Waals surface area contributed by atoms with Crippen LogP contribution in [0.3, 0.4) is 0 Å². The van der Waals surface area contributed by atoms with Gasteiger partial charge in [0.05, 0.1) is 29.7 Å². The number of carbonyl (C=O) groups is 1. The van der Waals surface area contributed by atoms with E-state index in [1.165, 1.54) is 0 Å². The zero-order valence-corrected chi connectivity index (χ0v) is 20.8. The van der Waals surface area contributed by atoms with Crippen LogP contribution in [0.1, 0.15) is 48.9 Å². The van der Waals surface area contributed by atoms with Crippen molar-refractivity contribution < 1.29 is 9.53 Å². The Labute approximate surface area is 209 Å². The molecule has 4 rings (SSSR count). The molecule has 0 spiro atoms. The highest BCUT2D eigenvalue weighted by Crippen LogP contribution is 2.26. The third kappa shape index (κ3) is 5.08. The smallest absolute Gasteiger partial charge is 0.266 e. The van der Waals surface area contributed by atoms with E-state index in [-0.39, 0.29) is 11.5 Å². The van der Waals surface area contributed by atoms with Crippen LogP contribution in [-0.2, 0) is 0 Å². The number of carbonyl (C=O) groups excluding carboxylic acids is 1. The number of para-hydroxylation sites is 1. The lowest BCUT2D eigenvalue weighted by Gasteiger charge is -2.31. The second kappa shape index (κ2) is 10.7. The Bertz CT molecular complexity index is 1400. The first-order chi connectivity index (χ1) is 16.9. The first kappa shape index (κ1) is 24.5. The summed E-state index contributed by atoms with van der Waals surface area (Å²) in [5, 5.41) is 1.08. The zero-order valence-electron chi connectivity index (χ0n) is 20.1. The number of benzene rings is 3. The third-order valence-electron chi connectivity index (χ3n) is 6.06. The molecule has 4 aromatic rings. The highest BCUT2D eigenvalue weighted by molar-refractivity contribution is 6.30. The maximum absolute atomic E-state index is 13.7. The summed E-state index contributed by atoms with van der Waals surface area (Å²) in [4.78, 5) is 34.0. The van der Waals surface area contributed by atoms with Gasteiger partial charge >= 0.3 is 0 Å². The van der Waals surface area contributed by atoms with Crippen LogP contribution in [0.2, 0.25) is 5.02 Å². The molecule has 1 amide bonds. The highest BCUT2D eigenvalue weighted by Gasteiger charge is 2.27. The normalized spacial score (nSPS) is 11.9. The molecule has 0 saturated heterocycles. The number of rotatable bonds is 8. The van der Waals surface area contributed by atoms with Crippen LogP contribution in [0.4, 0.5) is 0 Å². The monoisotopic (exact) mass is 489 g/mol. The lowest BCUT2D eigenvalue weighted by molar-refractivity contribution is 0.0678. The molecule has 1 unspecified atom stereocenters. The fraction of sp³-hybridized carbons (Fsp3) is 0.250. The van der Waals surface area contributed by atoms with E-state index < -0.39 is 6.04 Å². The minimum absolute atomic E-state index is 0.144. The van der Waals surface area contributed by atoms with Gasteiger partial charge in [-0.05, 0) is 67.9 Å². The third-order valence-corrected chi connectivity index (χ3v) is 6.31. The molecule has 0 bridgehead atoms. The van der Waals surface area contributed by atoms with Gasteiger partial charge in [0, 0.05) is 17.1 Å². The van der Waals surface area contributed by atoms with Crippen molar-refractivity contribution in [2.75, 3.05) is 13.7 Å². The van der Waals surface area contributed by atoms with Crippen molar-refractivity contribution >= 4 is 28.4 Å². The first-order valence-electron chi connectivity index (χ1n) is 11.7. The number of methoxy groups -OCH3 is 1. The molecule has 1 heterocycles. The number of hydrogen-bond donors (Lipinski definition) is 0. The Balaban J connectivity index is 1.88. The second-order valence-corrected chi connectivity index (χ2v) is 8.80. The van der Waals surface area contributed by atoms with E-state index in [4.69, 9.17) is 21.3 Å². The number of hydrogen-bond acceptors (Lipinski definition) is 4. The lowest BCUT2D eigenvalue weighted by atomic mass is 10.1. The quantitative estimate of drug-likeness (QED) is 0.302. The van der Waals surface area contributed by atoms with E-state index >= 15 is 0 Å². The van der Waals surface area contributed by atoms with Crippen LogP contribution < -0.4 is 10.3 Å². The van der Waals surface area contributed by atoms with Crippen molar-refractivity contribution in [1.82, 2.24) is 14.5 Å². The molecule has 0 radical (unpaired) electrons. The molecule has 1 aromatic heterocycles. The van der Waals surface area contributed by atoms with Crippen LogP contribution in [0.5, 0.6) is 5.75 Å². The van der Waals surface area contributed by atoms with E-state index in [1.807, 2.05) is 25.1 Å². The Morgan fingerprint density at radius 1 is 1.09 bits per heavy atom. The number of amides is 1. The summed E-state index contributed by atoms with van der Waals surface area (Å²) in [6.45, 7) is 4.52. The molecule has 35 heavy (non-hydrogen) atoms. The van der Waals surface area contributed by atoms with Gasteiger partial charge in [0.15, 0.2) is 0 Å². The Morgan fingerprint density at radius 2 is 1.83 bits per heavy atom.